The number of alkyl halides is 1. The summed E-state index contributed by atoms with van der Waals surface area (Å²) in [5.41, 5.74) is 0. The second-order valence-corrected chi connectivity index (χ2v) is 5.29. The number of rotatable bonds is 6. The van der Waals surface area contributed by atoms with Crippen molar-refractivity contribution in [2.45, 2.75) is 4.83 Å². The molecule has 0 aliphatic carbocycles. The van der Waals surface area contributed by atoms with Crippen molar-refractivity contribution in [2.24, 2.45) is 0 Å². The normalized spacial score (nSPS) is 13.3. The lowest BCUT2D eigenvalue weighted by Crippen LogP contribution is -2.42. The van der Waals surface area contributed by atoms with E-state index in [4.69, 9.17) is 4.74 Å². The first-order valence-corrected chi connectivity index (χ1v) is 6.29. The van der Waals surface area contributed by atoms with Gasteiger partial charge in [0.25, 0.3) is 0 Å². The average molecular weight is 305 g/mol. The van der Waals surface area contributed by atoms with Gasteiger partial charge in [-0.05, 0) is 0 Å². The Morgan fingerprint density at radius 2 is 2.07 bits per heavy atom. The van der Waals surface area contributed by atoms with Gasteiger partial charge in [0.1, 0.15) is 0 Å². The summed E-state index contributed by atoms with van der Waals surface area (Å²) >= 11 is 3.18. The van der Waals surface area contributed by atoms with Crippen LogP contribution >= 0.6 is 15.9 Å². The van der Waals surface area contributed by atoms with Crippen LogP contribution in [0.1, 0.15) is 0 Å². The Bertz CT molecular complexity index is 294. The highest BCUT2D eigenvalue weighted by Gasteiger charge is 2.15. The fraction of sp³-hybridized carbons (Fsp3) is 0.833. The lowest BCUT2D eigenvalue weighted by Gasteiger charge is -2.10. The number of hydrogen-bond donors (Lipinski definition) is 2. The molecule has 15 heavy (non-hydrogen) atoms. The Balaban J connectivity index is 3.99. The van der Waals surface area contributed by atoms with E-state index in [1.165, 1.54) is 7.11 Å². The van der Waals surface area contributed by atoms with Gasteiger partial charge in [-0.3, -0.25) is 0 Å². The summed E-state index contributed by atoms with van der Waals surface area (Å²) in [6.45, 7) is 0.445. The summed E-state index contributed by atoms with van der Waals surface area (Å²) in [6.07, 6.45) is -1.04. The van der Waals surface area contributed by atoms with E-state index < -0.39 is 16.3 Å². The number of hydrogen-bond acceptors (Lipinski definition) is 5. The molecule has 0 aromatic heterocycles. The third-order valence-corrected chi connectivity index (χ3v) is 2.82. The second kappa shape index (κ2) is 6.99. The minimum absolute atomic E-state index is 0.0974. The molecule has 0 fully saturated rings. The van der Waals surface area contributed by atoms with E-state index in [1.807, 2.05) is 0 Å². The zero-order valence-electron chi connectivity index (χ0n) is 8.32. The highest BCUT2D eigenvalue weighted by Crippen LogP contribution is 1.97. The molecule has 0 aliphatic heterocycles. The van der Waals surface area contributed by atoms with Gasteiger partial charge in [-0.1, -0.05) is 15.9 Å². The Morgan fingerprint density at radius 3 is 2.53 bits per heavy atom. The van der Waals surface area contributed by atoms with Gasteiger partial charge in [-0.2, -0.15) is 13.1 Å². The van der Waals surface area contributed by atoms with Gasteiger partial charge in [-0.15, -0.1) is 0 Å². The van der Waals surface area contributed by atoms with Gasteiger partial charge in [0.15, 0.2) is 0 Å². The summed E-state index contributed by atoms with van der Waals surface area (Å²) < 4.78 is 34.9. The lowest BCUT2D eigenvalue weighted by molar-refractivity contribution is 0.177. The smallest absolute Gasteiger partial charge is 0.421 e. The summed E-state index contributed by atoms with van der Waals surface area (Å²) in [5, 5.41) is 0. The molecule has 0 rings (SSSR count). The summed E-state index contributed by atoms with van der Waals surface area (Å²) in [4.78, 5) is 10.4. The minimum atomic E-state index is -3.87. The van der Waals surface area contributed by atoms with Crippen LogP contribution in [0.15, 0.2) is 0 Å². The molecule has 0 bridgehead atoms. The number of ether oxygens (including phenoxy) is 2. The second-order valence-electron chi connectivity index (χ2n) is 2.50. The molecule has 90 valence electrons. The number of halogens is 1. The van der Waals surface area contributed by atoms with Gasteiger partial charge < -0.3 is 9.47 Å². The van der Waals surface area contributed by atoms with Gasteiger partial charge in [0, 0.05) is 13.7 Å². The van der Waals surface area contributed by atoms with Crippen LogP contribution in [0.25, 0.3) is 0 Å². The molecule has 9 heteroatoms. The van der Waals surface area contributed by atoms with Gasteiger partial charge in [-0.25, -0.2) is 9.52 Å². The van der Waals surface area contributed by atoms with Crippen LogP contribution in [0, 0.1) is 0 Å². The SMILES string of the molecule is COCC(Br)CNS(=O)(=O)NC(=O)OC. The number of methoxy groups -OCH3 is 2. The molecule has 0 spiro atoms. The first kappa shape index (κ1) is 14.6. The predicted octanol–water partition coefficient (Wildman–Crippen LogP) is -0.413. The Hall–Kier alpha value is -0.380. The topological polar surface area (TPSA) is 93.7 Å². The minimum Gasteiger partial charge on any atom is -0.452 e. The Labute approximate surface area is 96.8 Å². The van der Waals surface area contributed by atoms with E-state index >= 15 is 0 Å². The monoisotopic (exact) mass is 304 g/mol. The van der Waals surface area contributed by atoms with Crippen LogP contribution in [-0.2, 0) is 19.7 Å². The fourth-order valence-electron chi connectivity index (χ4n) is 0.627. The van der Waals surface area contributed by atoms with Crippen LogP contribution in [-0.4, -0.2) is 46.7 Å². The predicted molar refractivity (Wildman–Crippen MR) is 57.1 cm³/mol. The third kappa shape index (κ3) is 7.54. The highest BCUT2D eigenvalue weighted by atomic mass is 79.9. The largest absolute Gasteiger partial charge is 0.452 e. The van der Waals surface area contributed by atoms with Crippen molar-refractivity contribution >= 4 is 32.2 Å². The molecule has 0 radical (unpaired) electrons. The van der Waals surface area contributed by atoms with E-state index in [-0.39, 0.29) is 11.4 Å². The maximum absolute atomic E-state index is 11.1. The molecular formula is C6H13BrN2O5S. The lowest BCUT2D eigenvalue weighted by atomic mass is 10.5. The Kier molecular flexibility index (Phi) is 6.81. The molecule has 2 N–H and O–H groups in total. The maximum atomic E-state index is 11.1. The fourth-order valence-corrected chi connectivity index (χ4v) is 2.06. The first-order valence-electron chi connectivity index (χ1n) is 3.89. The maximum Gasteiger partial charge on any atom is 0.421 e. The average Bonchev–Trinajstić information content (AvgIpc) is 2.15. The number of nitrogens with one attached hydrogen (secondary N) is 2. The van der Waals surface area contributed by atoms with Crippen molar-refractivity contribution in [2.75, 3.05) is 27.4 Å². The zero-order valence-corrected chi connectivity index (χ0v) is 10.7. The van der Waals surface area contributed by atoms with E-state index in [0.29, 0.717) is 6.61 Å². The summed E-state index contributed by atoms with van der Waals surface area (Å²) in [7, 11) is -1.30. The van der Waals surface area contributed by atoms with E-state index in [2.05, 4.69) is 25.4 Å². The van der Waals surface area contributed by atoms with E-state index in [9.17, 15) is 13.2 Å². The van der Waals surface area contributed by atoms with Crippen molar-refractivity contribution in [3.05, 3.63) is 0 Å². The molecule has 0 heterocycles. The molecule has 0 saturated carbocycles. The molecular weight excluding hydrogens is 292 g/mol. The van der Waals surface area contributed by atoms with Crippen molar-refractivity contribution < 1.29 is 22.7 Å². The number of carbonyl (C=O) groups is 1. The van der Waals surface area contributed by atoms with E-state index in [1.54, 1.807) is 4.72 Å². The molecule has 0 aromatic carbocycles. The Morgan fingerprint density at radius 1 is 1.47 bits per heavy atom. The first-order chi connectivity index (χ1) is 6.91. The van der Waals surface area contributed by atoms with Crippen molar-refractivity contribution in [1.82, 2.24) is 9.44 Å². The molecule has 1 unspecified atom stereocenters. The molecule has 7 nitrogen and oxygen atoms in total. The highest BCUT2D eigenvalue weighted by molar-refractivity contribution is 9.09. The molecule has 1 atom stereocenters. The van der Waals surface area contributed by atoms with E-state index in [0.717, 1.165) is 7.11 Å². The van der Waals surface area contributed by atoms with Crippen molar-refractivity contribution in [3.63, 3.8) is 0 Å². The molecule has 1 amide bonds. The number of carbonyl (C=O) groups excluding carboxylic acids is 1. The van der Waals surface area contributed by atoms with Gasteiger partial charge in [0.05, 0.1) is 18.5 Å². The zero-order chi connectivity index (χ0) is 11.9. The van der Waals surface area contributed by atoms with Crippen LogP contribution in [0.2, 0.25) is 0 Å². The summed E-state index contributed by atoms with van der Waals surface area (Å²) in [6, 6.07) is 0. The standard InChI is InChI=1S/C6H13BrN2O5S/c1-13-4-5(7)3-8-15(11,12)9-6(10)14-2/h5,8H,3-4H2,1-2H3,(H,9,10). The molecule has 0 saturated heterocycles. The van der Waals surface area contributed by atoms with Crippen LogP contribution < -0.4 is 9.44 Å². The van der Waals surface area contributed by atoms with Gasteiger partial charge in [0.2, 0.25) is 0 Å². The van der Waals surface area contributed by atoms with Crippen molar-refractivity contribution in [1.29, 1.82) is 0 Å². The molecule has 0 aromatic rings. The molecule has 0 aliphatic rings. The van der Waals surface area contributed by atoms with Crippen LogP contribution in [0.4, 0.5) is 4.79 Å². The van der Waals surface area contributed by atoms with Crippen LogP contribution in [0.5, 0.6) is 0 Å². The van der Waals surface area contributed by atoms with Crippen LogP contribution in [0.3, 0.4) is 0 Å². The summed E-state index contributed by atoms with van der Waals surface area (Å²) in [5.74, 6) is 0. The van der Waals surface area contributed by atoms with Crippen molar-refractivity contribution in [3.8, 4) is 0 Å². The van der Waals surface area contributed by atoms with Gasteiger partial charge >= 0.3 is 16.3 Å². The third-order valence-electron chi connectivity index (χ3n) is 1.25. The quantitative estimate of drug-likeness (QED) is 0.651. The number of amides is 1.